The number of amides is 2. The molecule has 25 heavy (non-hydrogen) atoms. The highest BCUT2D eigenvalue weighted by atomic mass is 32.2. The van der Waals surface area contributed by atoms with E-state index in [9.17, 15) is 9.59 Å². The van der Waals surface area contributed by atoms with Gasteiger partial charge in [-0.3, -0.25) is 9.59 Å². The summed E-state index contributed by atoms with van der Waals surface area (Å²) in [7, 11) is 1.76. The maximum Gasteiger partial charge on any atom is 0.232 e. The Kier molecular flexibility index (Phi) is 6.04. The van der Waals surface area contributed by atoms with Crippen LogP contribution >= 0.6 is 11.8 Å². The van der Waals surface area contributed by atoms with Gasteiger partial charge in [-0.25, -0.2) is 0 Å². The highest BCUT2D eigenvalue weighted by Gasteiger charge is 2.18. The number of hydrogen-bond acceptors (Lipinski definition) is 6. The molecule has 0 spiro atoms. The molecule has 136 valence electrons. The fourth-order valence-electron chi connectivity index (χ4n) is 2.64. The van der Waals surface area contributed by atoms with Crippen molar-refractivity contribution < 1.29 is 23.8 Å². The minimum Gasteiger partial charge on any atom is -0.454 e. The molecule has 0 N–H and O–H groups in total. The van der Waals surface area contributed by atoms with Crippen LogP contribution in [0, 0.1) is 0 Å². The zero-order valence-corrected chi connectivity index (χ0v) is 15.0. The molecule has 0 aromatic heterocycles. The number of carbonyl (C=O) groups excluding carboxylic acids is 2. The first-order valence-electron chi connectivity index (χ1n) is 8.19. The molecular formula is C17H22N2O5S. The summed E-state index contributed by atoms with van der Waals surface area (Å²) in [6.07, 6.45) is 0. The predicted molar refractivity (Wildman–Crippen MR) is 93.8 cm³/mol. The minimum absolute atomic E-state index is 0.00237. The molecule has 8 heteroatoms. The molecule has 0 radical (unpaired) electrons. The number of fused-ring (bicyclic) bond motifs is 1. The first kappa shape index (κ1) is 17.9. The van der Waals surface area contributed by atoms with Gasteiger partial charge in [-0.2, -0.15) is 0 Å². The molecule has 1 saturated heterocycles. The van der Waals surface area contributed by atoms with E-state index in [0.29, 0.717) is 44.4 Å². The van der Waals surface area contributed by atoms with Gasteiger partial charge in [0.15, 0.2) is 11.5 Å². The summed E-state index contributed by atoms with van der Waals surface area (Å²) >= 11 is 1.35. The van der Waals surface area contributed by atoms with E-state index in [-0.39, 0.29) is 24.4 Å². The van der Waals surface area contributed by atoms with Crippen LogP contribution in [0.2, 0.25) is 0 Å². The third kappa shape index (κ3) is 4.79. The fourth-order valence-corrected chi connectivity index (χ4v) is 3.50. The molecule has 2 aliphatic rings. The molecule has 2 aliphatic heterocycles. The predicted octanol–water partition coefficient (Wildman–Crippen LogP) is 0.966. The van der Waals surface area contributed by atoms with Crippen LogP contribution in [0.25, 0.3) is 0 Å². The fraction of sp³-hybridized carbons (Fsp3) is 0.529. The number of benzene rings is 1. The molecule has 0 aliphatic carbocycles. The Labute approximate surface area is 151 Å². The molecule has 0 saturated carbocycles. The van der Waals surface area contributed by atoms with E-state index in [0.717, 1.165) is 11.3 Å². The summed E-state index contributed by atoms with van der Waals surface area (Å²) in [6, 6.07) is 5.67. The number of carbonyl (C=O) groups is 2. The second-order valence-corrected chi connectivity index (χ2v) is 6.91. The van der Waals surface area contributed by atoms with Crippen molar-refractivity contribution in [3.05, 3.63) is 23.8 Å². The lowest BCUT2D eigenvalue weighted by Crippen LogP contribution is -2.41. The van der Waals surface area contributed by atoms with E-state index >= 15 is 0 Å². The largest absolute Gasteiger partial charge is 0.454 e. The first-order valence-corrected chi connectivity index (χ1v) is 9.35. The molecule has 2 amide bonds. The molecule has 1 aromatic rings. The van der Waals surface area contributed by atoms with Crippen molar-refractivity contribution in [1.82, 2.24) is 9.80 Å². The average Bonchev–Trinajstić information content (AvgIpc) is 3.10. The Bertz CT molecular complexity index is 633. The number of ether oxygens (including phenoxy) is 3. The first-order chi connectivity index (χ1) is 12.1. The highest BCUT2D eigenvalue weighted by Crippen LogP contribution is 2.32. The maximum absolute atomic E-state index is 12.2. The summed E-state index contributed by atoms with van der Waals surface area (Å²) in [6.45, 7) is 3.19. The van der Waals surface area contributed by atoms with Gasteiger partial charge in [0.25, 0.3) is 0 Å². The third-order valence-electron chi connectivity index (χ3n) is 4.10. The number of morpholine rings is 1. The van der Waals surface area contributed by atoms with Gasteiger partial charge in [-0.15, -0.1) is 11.8 Å². The van der Waals surface area contributed by atoms with Crippen molar-refractivity contribution in [2.45, 2.75) is 6.54 Å². The zero-order chi connectivity index (χ0) is 17.6. The Morgan fingerprint density at radius 2 is 1.92 bits per heavy atom. The second kappa shape index (κ2) is 8.44. The lowest BCUT2D eigenvalue weighted by atomic mass is 10.2. The van der Waals surface area contributed by atoms with Crippen LogP contribution in [-0.4, -0.2) is 73.3 Å². The monoisotopic (exact) mass is 366 g/mol. The molecule has 7 nitrogen and oxygen atoms in total. The molecule has 0 unspecified atom stereocenters. The van der Waals surface area contributed by atoms with Crippen LogP contribution < -0.4 is 9.47 Å². The topological polar surface area (TPSA) is 68.3 Å². The van der Waals surface area contributed by atoms with Crippen molar-refractivity contribution in [3.63, 3.8) is 0 Å². The van der Waals surface area contributed by atoms with Gasteiger partial charge in [0.05, 0.1) is 24.7 Å². The van der Waals surface area contributed by atoms with Gasteiger partial charge < -0.3 is 24.0 Å². The lowest BCUT2D eigenvalue weighted by molar-refractivity contribution is -0.132. The number of nitrogens with zero attached hydrogens (tertiary/aromatic N) is 2. The summed E-state index contributed by atoms with van der Waals surface area (Å²) in [5, 5.41) is 0. The van der Waals surface area contributed by atoms with Gasteiger partial charge in [-0.05, 0) is 17.7 Å². The van der Waals surface area contributed by atoms with Gasteiger partial charge in [0, 0.05) is 26.7 Å². The average molecular weight is 366 g/mol. The molecule has 1 aromatic carbocycles. The van der Waals surface area contributed by atoms with Crippen LogP contribution in [-0.2, 0) is 20.9 Å². The zero-order valence-electron chi connectivity index (χ0n) is 14.2. The van der Waals surface area contributed by atoms with Crippen molar-refractivity contribution in [2.75, 3.05) is 51.6 Å². The Morgan fingerprint density at radius 3 is 2.72 bits per heavy atom. The Hall–Kier alpha value is -1.93. The van der Waals surface area contributed by atoms with E-state index in [4.69, 9.17) is 14.2 Å². The molecule has 1 fully saturated rings. The van der Waals surface area contributed by atoms with E-state index in [1.165, 1.54) is 11.8 Å². The van der Waals surface area contributed by atoms with Crippen LogP contribution in [0.1, 0.15) is 5.56 Å². The number of thioether (sulfide) groups is 1. The van der Waals surface area contributed by atoms with Crippen molar-refractivity contribution in [2.24, 2.45) is 0 Å². The van der Waals surface area contributed by atoms with Crippen LogP contribution in [0.15, 0.2) is 18.2 Å². The quantitative estimate of drug-likeness (QED) is 0.747. The Balaban J connectivity index is 1.41. The molecular weight excluding hydrogens is 344 g/mol. The van der Waals surface area contributed by atoms with Crippen LogP contribution in [0.4, 0.5) is 0 Å². The second-order valence-electron chi connectivity index (χ2n) is 5.92. The SMILES string of the molecule is CN(Cc1ccc2c(c1)OCO2)C(=O)CSCC(=O)N1CCOCC1. The Morgan fingerprint density at radius 1 is 1.16 bits per heavy atom. The highest BCUT2D eigenvalue weighted by molar-refractivity contribution is 8.00. The van der Waals surface area contributed by atoms with E-state index in [2.05, 4.69) is 0 Å². The van der Waals surface area contributed by atoms with E-state index < -0.39 is 0 Å². The number of rotatable bonds is 6. The molecule has 0 bridgehead atoms. The van der Waals surface area contributed by atoms with Crippen molar-refractivity contribution in [3.8, 4) is 11.5 Å². The van der Waals surface area contributed by atoms with Gasteiger partial charge >= 0.3 is 0 Å². The standard InChI is InChI=1S/C17H22N2O5S/c1-18(9-13-2-3-14-15(8-13)24-12-23-14)16(20)10-25-11-17(21)19-4-6-22-7-5-19/h2-3,8H,4-7,9-12H2,1H3. The summed E-state index contributed by atoms with van der Waals surface area (Å²) < 4.78 is 15.9. The minimum atomic E-state index is -0.00237. The van der Waals surface area contributed by atoms with Gasteiger partial charge in [-0.1, -0.05) is 6.07 Å². The van der Waals surface area contributed by atoms with Crippen molar-refractivity contribution in [1.29, 1.82) is 0 Å². The van der Waals surface area contributed by atoms with Gasteiger partial charge in [0.2, 0.25) is 18.6 Å². The third-order valence-corrected chi connectivity index (χ3v) is 5.00. The van der Waals surface area contributed by atoms with Crippen LogP contribution in [0.3, 0.4) is 0 Å². The summed E-state index contributed by atoms with van der Waals surface area (Å²) in [4.78, 5) is 27.7. The van der Waals surface area contributed by atoms with Crippen molar-refractivity contribution >= 4 is 23.6 Å². The molecule has 0 atom stereocenters. The normalized spacial score (nSPS) is 16.0. The van der Waals surface area contributed by atoms with E-state index in [1.54, 1.807) is 16.8 Å². The summed E-state index contributed by atoms with van der Waals surface area (Å²) in [5.41, 5.74) is 0.981. The number of hydrogen-bond donors (Lipinski definition) is 0. The summed E-state index contributed by atoms with van der Waals surface area (Å²) in [5.74, 6) is 2.12. The van der Waals surface area contributed by atoms with E-state index in [1.807, 2.05) is 18.2 Å². The van der Waals surface area contributed by atoms with Crippen LogP contribution in [0.5, 0.6) is 11.5 Å². The lowest BCUT2D eigenvalue weighted by Gasteiger charge is -2.26. The molecule has 3 rings (SSSR count). The van der Waals surface area contributed by atoms with Gasteiger partial charge in [0.1, 0.15) is 0 Å². The maximum atomic E-state index is 12.2. The molecule has 2 heterocycles. The smallest absolute Gasteiger partial charge is 0.232 e.